The number of carbonyl (C=O) groups excluding carboxylic acids is 2. The van der Waals surface area contributed by atoms with Crippen LogP contribution in [0, 0.1) is 0 Å². The smallest absolute Gasteiger partial charge is 0.337 e. The summed E-state index contributed by atoms with van der Waals surface area (Å²) in [5.74, 6) is -1.03. The number of carbonyl (C=O) groups is 2. The van der Waals surface area contributed by atoms with E-state index in [0.29, 0.717) is 5.69 Å². The second kappa shape index (κ2) is 7.38. The molecule has 0 heterocycles. The van der Waals surface area contributed by atoms with Crippen LogP contribution >= 0.6 is 0 Å². The van der Waals surface area contributed by atoms with E-state index in [4.69, 9.17) is 9.47 Å². The van der Waals surface area contributed by atoms with Gasteiger partial charge in [-0.3, -0.25) is 0 Å². The molecule has 0 saturated heterocycles. The highest BCUT2D eigenvalue weighted by molar-refractivity contribution is 5.97. The third kappa shape index (κ3) is 4.59. The number of esters is 2. The Bertz CT molecular complexity index is 739. The predicted molar refractivity (Wildman–Crippen MR) is 97.5 cm³/mol. The van der Waals surface area contributed by atoms with Crippen LogP contribution in [0.4, 0.5) is 11.4 Å². The van der Waals surface area contributed by atoms with Gasteiger partial charge in [-0.2, -0.15) is 0 Å². The maximum absolute atomic E-state index is 11.8. The molecule has 25 heavy (non-hydrogen) atoms. The topological polar surface area (TPSA) is 64.6 Å². The van der Waals surface area contributed by atoms with Gasteiger partial charge >= 0.3 is 11.9 Å². The van der Waals surface area contributed by atoms with E-state index in [9.17, 15) is 9.59 Å². The van der Waals surface area contributed by atoms with Gasteiger partial charge in [-0.05, 0) is 41.3 Å². The van der Waals surface area contributed by atoms with Crippen molar-refractivity contribution in [3.8, 4) is 0 Å². The molecule has 5 nitrogen and oxygen atoms in total. The first-order valence-electron chi connectivity index (χ1n) is 7.94. The summed E-state index contributed by atoms with van der Waals surface area (Å²) >= 11 is 0. The van der Waals surface area contributed by atoms with Crippen molar-refractivity contribution in [2.75, 3.05) is 19.5 Å². The Morgan fingerprint density at radius 2 is 1.28 bits per heavy atom. The number of nitrogens with one attached hydrogen (secondary N) is 1. The minimum Gasteiger partial charge on any atom is -0.465 e. The van der Waals surface area contributed by atoms with E-state index in [0.717, 1.165) is 5.69 Å². The molecule has 0 amide bonds. The van der Waals surface area contributed by atoms with E-state index >= 15 is 0 Å². The van der Waals surface area contributed by atoms with E-state index in [1.54, 1.807) is 12.1 Å². The van der Waals surface area contributed by atoms with Crippen LogP contribution in [0.15, 0.2) is 42.5 Å². The average molecular weight is 341 g/mol. The summed E-state index contributed by atoms with van der Waals surface area (Å²) in [5.41, 5.74) is 3.30. The number of methoxy groups -OCH3 is 2. The zero-order valence-corrected chi connectivity index (χ0v) is 15.2. The lowest BCUT2D eigenvalue weighted by Gasteiger charge is -2.19. The molecule has 0 fully saturated rings. The first kappa shape index (κ1) is 18.5. The first-order valence-corrected chi connectivity index (χ1v) is 7.94. The molecule has 0 saturated carbocycles. The summed E-state index contributed by atoms with van der Waals surface area (Å²) in [5, 5.41) is 3.21. The van der Waals surface area contributed by atoms with Crippen molar-refractivity contribution in [2.45, 2.75) is 26.2 Å². The van der Waals surface area contributed by atoms with E-state index in [1.165, 1.54) is 25.8 Å². The number of hydrogen-bond donors (Lipinski definition) is 1. The number of ether oxygens (including phenoxy) is 2. The molecule has 0 radical (unpaired) electrons. The summed E-state index contributed by atoms with van der Waals surface area (Å²) in [6, 6.07) is 12.7. The number of benzene rings is 2. The summed E-state index contributed by atoms with van der Waals surface area (Å²) in [6.07, 6.45) is 0. The van der Waals surface area contributed by atoms with Gasteiger partial charge in [0.25, 0.3) is 0 Å². The number of hydrogen-bond acceptors (Lipinski definition) is 5. The van der Waals surface area contributed by atoms with Crippen LogP contribution in [0.1, 0.15) is 47.1 Å². The SMILES string of the molecule is COC(=O)c1cc(Nc2ccc(C(C)(C)C)cc2)cc(C(=O)OC)c1. The predicted octanol–water partition coefficient (Wildman–Crippen LogP) is 4.30. The Morgan fingerprint density at radius 3 is 1.68 bits per heavy atom. The summed E-state index contributed by atoms with van der Waals surface area (Å²) in [4.78, 5) is 23.7. The van der Waals surface area contributed by atoms with Crippen LogP contribution in [-0.4, -0.2) is 26.2 Å². The molecule has 0 aliphatic rings. The van der Waals surface area contributed by atoms with Crippen molar-refractivity contribution in [1.29, 1.82) is 0 Å². The van der Waals surface area contributed by atoms with Crippen molar-refractivity contribution in [3.05, 3.63) is 59.2 Å². The largest absolute Gasteiger partial charge is 0.465 e. The molecule has 0 bridgehead atoms. The second-order valence-electron chi connectivity index (χ2n) is 6.73. The molecule has 0 aromatic heterocycles. The van der Waals surface area contributed by atoms with Gasteiger partial charge < -0.3 is 14.8 Å². The molecule has 0 atom stereocenters. The summed E-state index contributed by atoms with van der Waals surface area (Å²) in [6.45, 7) is 6.45. The van der Waals surface area contributed by atoms with E-state index in [1.807, 2.05) is 24.3 Å². The molecule has 0 unspecified atom stereocenters. The van der Waals surface area contributed by atoms with Crippen LogP contribution in [0.3, 0.4) is 0 Å². The van der Waals surface area contributed by atoms with Gasteiger partial charge in [-0.1, -0.05) is 32.9 Å². The molecule has 1 N–H and O–H groups in total. The van der Waals surface area contributed by atoms with Gasteiger partial charge in [0, 0.05) is 11.4 Å². The molecular formula is C20H23NO4. The standard InChI is InChI=1S/C20H23NO4/c1-20(2,3)15-6-8-16(9-7-15)21-17-11-13(18(22)24-4)10-14(12-17)19(23)25-5/h6-12,21H,1-5H3. The first-order chi connectivity index (χ1) is 11.7. The van der Waals surface area contributed by atoms with Gasteiger partial charge in [-0.25, -0.2) is 9.59 Å². The quantitative estimate of drug-likeness (QED) is 0.840. The minimum absolute atomic E-state index is 0.0708. The maximum Gasteiger partial charge on any atom is 0.337 e. The molecule has 0 aliphatic carbocycles. The molecule has 0 spiro atoms. The fourth-order valence-electron chi connectivity index (χ4n) is 2.39. The van der Waals surface area contributed by atoms with Gasteiger partial charge in [0.2, 0.25) is 0 Å². The highest BCUT2D eigenvalue weighted by Gasteiger charge is 2.15. The van der Waals surface area contributed by atoms with Crippen LogP contribution in [0.2, 0.25) is 0 Å². The van der Waals surface area contributed by atoms with Gasteiger partial charge in [0.05, 0.1) is 25.3 Å². The second-order valence-corrected chi connectivity index (χ2v) is 6.73. The van der Waals surface area contributed by atoms with E-state index in [-0.39, 0.29) is 16.5 Å². The van der Waals surface area contributed by atoms with Crippen LogP contribution in [0.25, 0.3) is 0 Å². The average Bonchev–Trinajstić information content (AvgIpc) is 2.59. The van der Waals surface area contributed by atoms with Gasteiger partial charge in [-0.15, -0.1) is 0 Å². The Kier molecular flexibility index (Phi) is 5.47. The highest BCUT2D eigenvalue weighted by atomic mass is 16.5. The summed E-state index contributed by atoms with van der Waals surface area (Å²) in [7, 11) is 2.59. The maximum atomic E-state index is 11.8. The molecule has 2 aromatic carbocycles. The van der Waals surface area contributed by atoms with Crippen molar-refractivity contribution >= 4 is 23.3 Å². The normalized spacial score (nSPS) is 10.9. The van der Waals surface area contributed by atoms with Crippen molar-refractivity contribution < 1.29 is 19.1 Å². The van der Waals surface area contributed by atoms with E-state index in [2.05, 4.69) is 26.1 Å². The third-order valence-electron chi connectivity index (χ3n) is 3.81. The Labute approximate surface area is 148 Å². The number of rotatable bonds is 4. The van der Waals surface area contributed by atoms with Crippen LogP contribution in [-0.2, 0) is 14.9 Å². The lowest BCUT2D eigenvalue weighted by molar-refractivity contribution is 0.0599. The highest BCUT2D eigenvalue weighted by Crippen LogP contribution is 2.26. The van der Waals surface area contributed by atoms with Gasteiger partial charge in [0.15, 0.2) is 0 Å². The Balaban J connectivity index is 2.34. The lowest BCUT2D eigenvalue weighted by atomic mass is 9.87. The molecule has 2 aromatic rings. The molecular weight excluding hydrogens is 318 g/mol. The molecule has 132 valence electrons. The fourth-order valence-corrected chi connectivity index (χ4v) is 2.39. The number of anilines is 2. The van der Waals surface area contributed by atoms with Crippen LogP contribution in [0.5, 0.6) is 0 Å². The lowest BCUT2D eigenvalue weighted by Crippen LogP contribution is -2.10. The molecule has 2 rings (SSSR count). The monoisotopic (exact) mass is 341 g/mol. The molecule has 0 aliphatic heterocycles. The zero-order valence-electron chi connectivity index (χ0n) is 15.2. The fraction of sp³-hybridized carbons (Fsp3) is 0.300. The van der Waals surface area contributed by atoms with Crippen molar-refractivity contribution in [3.63, 3.8) is 0 Å². The van der Waals surface area contributed by atoms with Gasteiger partial charge in [0.1, 0.15) is 0 Å². The van der Waals surface area contributed by atoms with Crippen molar-refractivity contribution in [2.24, 2.45) is 0 Å². The summed E-state index contributed by atoms with van der Waals surface area (Å²) < 4.78 is 9.49. The van der Waals surface area contributed by atoms with Crippen LogP contribution < -0.4 is 5.32 Å². The minimum atomic E-state index is -0.517. The van der Waals surface area contributed by atoms with Crippen molar-refractivity contribution in [1.82, 2.24) is 0 Å². The molecule has 5 heteroatoms. The Hall–Kier alpha value is -2.82. The van der Waals surface area contributed by atoms with E-state index < -0.39 is 11.9 Å². The Morgan fingerprint density at radius 1 is 0.800 bits per heavy atom. The zero-order chi connectivity index (χ0) is 18.6. The third-order valence-corrected chi connectivity index (χ3v) is 3.81.